The second-order valence-corrected chi connectivity index (χ2v) is 4.82. The fraction of sp³-hybridized carbons (Fsp3) is 0.222. The third-order valence-electron chi connectivity index (χ3n) is 2.61. The molecule has 0 saturated heterocycles. The summed E-state index contributed by atoms with van der Waals surface area (Å²) in [5, 5.41) is 8.57. The zero-order chi connectivity index (χ0) is 16.2. The number of pyridine rings is 2. The first kappa shape index (κ1) is 17.6. The lowest BCUT2D eigenvalue weighted by molar-refractivity contribution is 0.277. The van der Waals surface area contributed by atoms with Crippen LogP contribution in [0.5, 0.6) is 0 Å². The fourth-order valence-corrected chi connectivity index (χ4v) is 1.37. The Kier molecular flexibility index (Phi) is 8.23. The molecule has 4 nitrogen and oxygen atoms in total. The topological polar surface area (TPSA) is 59.2 Å². The number of nitrogens with zero attached hydrogens (tertiary/aromatic N) is 2. The van der Waals surface area contributed by atoms with Crippen LogP contribution in [-0.2, 0) is 6.61 Å². The standard InChI is InChI=1S/C7H9NO.C6H7N.C5H6O/c1-6-2-3-7(5-9)8-4-6;1-6-3-2-4-7-5-6;1-5-2-3-6-4-5/h2-4,9H,5H2,1H3;2-5H,1H3;2-4H,1H3. The Labute approximate surface area is 131 Å². The van der Waals surface area contributed by atoms with Crippen LogP contribution in [0.1, 0.15) is 22.4 Å². The van der Waals surface area contributed by atoms with Gasteiger partial charge in [0.15, 0.2) is 0 Å². The molecule has 116 valence electrons. The molecule has 0 aliphatic rings. The summed E-state index contributed by atoms with van der Waals surface area (Å²) < 4.78 is 4.71. The average molecular weight is 298 g/mol. The number of aliphatic hydroxyl groups excluding tert-OH is 1. The molecule has 3 aromatic rings. The van der Waals surface area contributed by atoms with E-state index < -0.39 is 0 Å². The maximum absolute atomic E-state index is 8.57. The summed E-state index contributed by atoms with van der Waals surface area (Å²) in [6.45, 7) is 6.00. The lowest BCUT2D eigenvalue weighted by Crippen LogP contribution is -1.87. The van der Waals surface area contributed by atoms with Gasteiger partial charge in [-0.05, 0) is 55.7 Å². The van der Waals surface area contributed by atoms with Crippen LogP contribution in [0.4, 0.5) is 0 Å². The molecule has 0 atom stereocenters. The molecule has 0 bridgehead atoms. The van der Waals surface area contributed by atoms with Crippen molar-refractivity contribution in [1.82, 2.24) is 9.97 Å². The van der Waals surface area contributed by atoms with Crippen molar-refractivity contribution in [3.63, 3.8) is 0 Å². The van der Waals surface area contributed by atoms with Crippen molar-refractivity contribution < 1.29 is 9.52 Å². The molecule has 22 heavy (non-hydrogen) atoms. The molecule has 0 aliphatic heterocycles. The quantitative estimate of drug-likeness (QED) is 0.741. The highest BCUT2D eigenvalue weighted by atomic mass is 16.3. The summed E-state index contributed by atoms with van der Waals surface area (Å²) in [5.74, 6) is 0. The Morgan fingerprint density at radius 1 is 0.955 bits per heavy atom. The Morgan fingerprint density at radius 3 is 2.05 bits per heavy atom. The fourth-order valence-electron chi connectivity index (χ4n) is 1.37. The van der Waals surface area contributed by atoms with E-state index in [2.05, 4.69) is 9.97 Å². The van der Waals surface area contributed by atoms with Gasteiger partial charge in [0.2, 0.25) is 0 Å². The van der Waals surface area contributed by atoms with Crippen LogP contribution in [0.2, 0.25) is 0 Å². The van der Waals surface area contributed by atoms with E-state index in [0.717, 1.165) is 11.3 Å². The third-order valence-corrected chi connectivity index (χ3v) is 2.61. The SMILES string of the molecule is Cc1ccc(CO)nc1.Cc1cccnc1.Cc1ccoc1. The van der Waals surface area contributed by atoms with Crippen molar-refractivity contribution in [2.75, 3.05) is 0 Å². The van der Waals surface area contributed by atoms with Crippen LogP contribution in [0.25, 0.3) is 0 Å². The van der Waals surface area contributed by atoms with E-state index in [9.17, 15) is 0 Å². The van der Waals surface area contributed by atoms with Gasteiger partial charge in [0.1, 0.15) is 0 Å². The minimum atomic E-state index is 0.0281. The highest BCUT2D eigenvalue weighted by molar-refractivity contribution is 5.11. The van der Waals surface area contributed by atoms with E-state index in [-0.39, 0.29) is 6.61 Å². The van der Waals surface area contributed by atoms with Gasteiger partial charge in [-0.2, -0.15) is 0 Å². The van der Waals surface area contributed by atoms with Gasteiger partial charge in [-0.25, -0.2) is 0 Å². The maximum Gasteiger partial charge on any atom is 0.0931 e. The normalized spacial score (nSPS) is 9.09. The summed E-state index contributed by atoms with van der Waals surface area (Å²) in [7, 11) is 0. The number of rotatable bonds is 1. The smallest absolute Gasteiger partial charge is 0.0931 e. The lowest BCUT2D eigenvalue weighted by Gasteiger charge is -1.93. The van der Waals surface area contributed by atoms with Gasteiger partial charge in [-0.1, -0.05) is 12.1 Å². The summed E-state index contributed by atoms with van der Waals surface area (Å²) in [5.41, 5.74) is 4.23. The van der Waals surface area contributed by atoms with E-state index in [4.69, 9.17) is 9.52 Å². The molecule has 0 radical (unpaired) electrons. The Bertz CT molecular complexity index is 605. The first-order valence-electron chi connectivity index (χ1n) is 6.99. The molecular formula is C18H22N2O2. The van der Waals surface area contributed by atoms with Gasteiger partial charge in [-0.3, -0.25) is 9.97 Å². The molecule has 0 saturated carbocycles. The van der Waals surface area contributed by atoms with E-state index in [1.165, 1.54) is 11.1 Å². The molecule has 3 aromatic heterocycles. The number of hydrogen-bond donors (Lipinski definition) is 1. The third kappa shape index (κ3) is 7.97. The predicted molar refractivity (Wildman–Crippen MR) is 87.3 cm³/mol. The summed E-state index contributed by atoms with van der Waals surface area (Å²) >= 11 is 0. The first-order valence-corrected chi connectivity index (χ1v) is 6.99. The summed E-state index contributed by atoms with van der Waals surface area (Å²) in [6.07, 6.45) is 8.72. The molecule has 4 heteroatoms. The minimum absolute atomic E-state index is 0.0281. The van der Waals surface area contributed by atoms with E-state index in [0.29, 0.717) is 0 Å². The highest BCUT2D eigenvalue weighted by Crippen LogP contribution is 1.96. The van der Waals surface area contributed by atoms with Gasteiger partial charge >= 0.3 is 0 Å². The minimum Gasteiger partial charge on any atom is -0.472 e. The van der Waals surface area contributed by atoms with Gasteiger partial charge in [0.05, 0.1) is 24.8 Å². The molecular weight excluding hydrogens is 276 g/mol. The van der Waals surface area contributed by atoms with Crippen molar-refractivity contribution in [1.29, 1.82) is 0 Å². The molecule has 3 heterocycles. The molecule has 1 N–H and O–H groups in total. The first-order chi connectivity index (χ1) is 10.6. The van der Waals surface area contributed by atoms with Gasteiger partial charge < -0.3 is 9.52 Å². The maximum atomic E-state index is 8.57. The Hall–Kier alpha value is -2.46. The van der Waals surface area contributed by atoms with Crippen LogP contribution < -0.4 is 0 Å². The van der Waals surface area contributed by atoms with Crippen LogP contribution >= 0.6 is 0 Å². The molecule has 0 fully saturated rings. The number of aryl methyl sites for hydroxylation is 3. The van der Waals surface area contributed by atoms with Gasteiger partial charge in [0.25, 0.3) is 0 Å². The van der Waals surface area contributed by atoms with Crippen LogP contribution in [0, 0.1) is 20.8 Å². The van der Waals surface area contributed by atoms with Crippen LogP contribution in [0.15, 0.2) is 65.9 Å². The van der Waals surface area contributed by atoms with Crippen molar-refractivity contribution in [2.45, 2.75) is 27.4 Å². The number of aliphatic hydroxyl groups is 1. The molecule has 0 aromatic carbocycles. The Morgan fingerprint density at radius 2 is 1.73 bits per heavy atom. The van der Waals surface area contributed by atoms with Crippen molar-refractivity contribution >= 4 is 0 Å². The summed E-state index contributed by atoms with van der Waals surface area (Å²) in [4.78, 5) is 7.83. The van der Waals surface area contributed by atoms with Crippen molar-refractivity contribution in [2.24, 2.45) is 0 Å². The van der Waals surface area contributed by atoms with E-state index in [1.807, 2.05) is 57.3 Å². The lowest BCUT2D eigenvalue weighted by atomic mass is 10.3. The zero-order valence-corrected chi connectivity index (χ0v) is 13.2. The molecule has 0 amide bonds. The largest absolute Gasteiger partial charge is 0.472 e. The zero-order valence-electron chi connectivity index (χ0n) is 13.2. The van der Waals surface area contributed by atoms with Gasteiger partial charge in [-0.15, -0.1) is 0 Å². The van der Waals surface area contributed by atoms with E-state index >= 15 is 0 Å². The second kappa shape index (κ2) is 10.3. The number of aromatic nitrogens is 2. The van der Waals surface area contributed by atoms with Crippen molar-refractivity contribution in [3.8, 4) is 0 Å². The molecule has 0 aliphatic carbocycles. The van der Waals surface area contributed by atoms with Crippen molar-refractivity contribution in [3.05, 3.63) is 83.8 Å². The average Bonchev–Trinajstić information content (AvgIpc) is 3.01. The Balaban J connectivity index is 0.000000169. The molecule has 3 rings (SSSR count). The second-order valence-electron chi connectivity index (χ2n) is 4.82. The van der Waals surface area contributed by atoms with E-state index in [1.54, 1.807) is 24.9 Å². The number of furan rings is 1. The monoisotopic (exact) mass is 298 g/mol. The number of hydrogen-bond acceptors (Lipinski definition) is 4. The molecule has 0 spiro atoms. The molecule has 0 unspecified atom stereocenters. The van der Waals surface area contributed by atoms with Gasteiger partial charge in [0, 0.05) is 18.6 Å². The van der Waals surface area contributed by atoms with Crippen LogP contribution in [0.3, 0.4) is 0 Å². The highest BCUT2D eigenvalue weighted by Gasteiger charge is 1.87. The predicted octanol–water partition coefficient (Wildman–Crippen LogP) is 3.86. The summed E-state index contributed by atoms with van der Waals surface area (Å²) in [6, 6.07) is 9.61. The van der Waals surface area contributed by atoms with Crippen LogP contribution in [-0.4, -0.2) is 15.1 Å².